The van der Waals surface area contributed by atoms with Gasteiger partial charge in [-0.3, -0.25) is 0 Å². The molecule has 0 atom stereocenters. The Kier molecular flexibility index (Phi) is 6.10. The third-order valence-corrected chi connectivity index (χ3v) is 6.36. The Labute approximate surface area is 232 Å². The molecule has 0 unspecified atom stereocenters. The molecule has 186 valence electrons. The molecular formula is C31H19N4O2Pt-. The molecule has 7 heteroatoms. The number of pyridine rings is 2. The Morgan fingerprint density at radius 3 is 2.39 bits per heavy atom. The monoisotopic (exact) mass is 674 g/mol. The van der Waals surface area contributed by atoms with Gasteiger partial charge in [-0.05, 0) is 40.1 Å². The van der Waals surface area contributed by atoms with Crippen molar-refractivity contribution >= 4 is 32.6 Å². The third kappa shape index (κ3) is 4.09. The first kappa shape index (κ1) is 23.8. The minimum atomic E-state index is -0.133. The summed E-state index contributed by atoms with van der Waals surface area (Å²) < 4.78 is 7.89. The molecule has 7 aromatic rings. The minimum Gasteiger partial charge on any atom is -0.480 e. The zero-order valence-electron chi connectivity index (χ0n) is 19.9. The van der Waals surface area contributed by atoms with Gasteiger partial charge in [0.1, 0.15) is 0 Å². The first-order valence-corrected chi connectivity index (χ1v) is 11.9. The van der Waals surface area contributed by atoms with E-state index in [2.05, 4.69) is 28.2 Å². The molecule has 0 fully saturated rings. The molecule has 7 rings (SSSR count). The van der Waals surface area contributed by atoms with Crippen LogP contribution in [0.3, 0.4) is 0 Å². The zero-order chi connectivity index (χ0) is 24.8. The molecule has 0 aliphatic rings. The van der Waals surface area contributed by atoms with Crippen LogP contribution in [-0.2, 0) is 21.1 Å². The van der Waals surface area contributed by atoms with Crippen molar-refractivity contribution in [2.75, 3.05) is 0 Å². The number of rotatable bonds is 4. The van der Waals surface area contributed by atoms with Crippen LogP contribution in [-0.4, -0.2) is 24.6 Å². The van der Waals surface area contributed by atoms with Gasteiger partial charge in [-0.15, -0.1) is 23.8 Å². The largest absolute Gasteiger partial charge is 0.480 e. The maximum atomic E-state index is 10.7. The fraction of sp³-hybridized carbons (Fsp3) is 0. The summed E-state index contributed by atoms with van der Waals surface area (Å²) in [6.07, 6.45) is 1.80. The number of hydrogen-bond donors (Lipinski definition) is 1. The van der Waals surface area contributed by atoms with Crippen molar-refractivity contribution in [3.8, 4) is 34.7 Å². The average molecular weight is 675 g/mol. The van der Waals surface area contributed by atoms with Gasteiger partial charge in [0.25, 0.3) is 0 Å². The summed E-state index contributed by atoms with van der Waals surface area (Å²) in [5.41, 5.74) is 3.10. The van der Waals surface area contributed by atoms with E-state index in [4.69, 9.17) is 9.72 Å². The Morgan fingerprint density at radius 2 is 1.50 bits per heavy atom. The second-order valence-electron chi connectivity index (χ2n) is 8.65. The van der Waals surface area contributed by atoms with Crippen molar-refractivity contribution in [3.05, 3.63) is 115 Å². The molecule has 0 aliphatic carbocycles. The van der Waals surface area contributed by atoms with Crippen LogP contribution >= 0.6 is 0 Å². The van der Waals surface area contributed by atoms with Gasteiger partial charge in [0, 0.05) is 44.5 Å². The summed E-state index contributed by atoms with van der Waals surface area (Å²) >= 11 is 0. The van der Waals surface area contributed by atoms with E-state index in [1.165, 1.54) is 0 Å². The Morgan fingerprint density at radius 1 is 0.737 bits per heavy atom. The Balaban J connectivity index is 0.00000264. The van der Waals surface area contributed by atoms with Gasteiger partial charge in [0.2, 0.25) is 5.88 Å². The number of para-hydroxylation sites is 2. The molecule has 0 spiro atoms. The summed E-state index contributed by atoms with van der Waals surface area (Å²) in [6.45, 7) is 0. The normalized spacial score (nSPS) is 11.1. The number of fused-ring (bicyclic) bond motifs is 3. The van der Waals surface area contributed by atoms with E-state index in [1.54, 1.807) is 10.8 Å². The van der Waals surface area contributed by atoms with E-state index in [0.29, 0.717) is 23.0 Å². The van der Waals surface area contributed by atoms with E-state index in [1.807, 2.05) is 91.0 Å². The van der Waals surface area contributed by atoms with Crippen molar-refractivity contribution in [1.82, 2.24) is 19.5 Å². The van der Waals surface area contributed by atoms with Crippen molar-refractivity contribution in [2.24, 2.45) is 0 Å². The quantitative estimate of drug-likeness (QED) is 0.202. The fourth-order valence-electron chi connectivity index (χ4n) is 4.69. The van der Waals surface area contributed by atoms with Crippen molar-refractivity contribution in [3.63, 3.8) is 0 Å². The van der Waals surface area contributed by atoms with Gasteiger partial charge >= 0.3 is 6.01 Å². The molecular weight excluding hydrogens is 655 g/mol. The van der Waals surface area contributed by atoms with Gasteiger partial charge in [0.05, 0.1) is 11.0 Å². The molecule has 3 aromatic heterocycles. The molecule has 4 aromatic carbocycles. The summed E-state index contributed by atoms with van der Waals surface area (Å²) in [5, 5.41) is 14.7. The van der Waals surface area contributed by atoms with Crippen LogP contribution in [0.25, 0.3) is 49.7 Å². The maximum Gasteiger partial charge on any atom is 0.300 e. The van der Waals surface area contributed by atoms with Gasteiger partial charge < -0.3 is 14.8 Å². The number of nitrogens with zero attached hydrogens (tertiary/aromatic N) is 4. The van der Waals surface area contributed by atoms with Crippen LogP contribution in [0.2, 0.25) is 0 Å². The number of imidazole rings is 1. The van der Waals surface area contributed by atoms with Crippen LogP contribution in [0.5, 0.6) is 17.6 Å². The van der Waals surface area contributed by atoms with Crippen molar-refractivity contribution < 1.29 is 30.9 Å². The van der Waals surface area contributed by atoms with Crippen molar-refractivity contribution in [1.29, 1.82) is 0 Å². The molecule has 0 amide bonds. The van der Waals surface area contributed by atoms with E-state index >= 15 is 0 Å². The summed E-state index contributed by atoms with van der Waals surface area (Å²) in [4.78, 5) is 13.7. The topological polar surface area (TPSA) is 73.1 Å². The number of benzene rings is 4. The maximum absolute atomic E-state index is 10.7. The van der Waals surface area contributed by atoms with E-state index in [-0.39, 0.29) is 27.1 Å². The first-order valence-electron chi connectivity index (χ1n) is 11.9. The second kappa shape index (κ2) is 9.73. The first-order chi connectivity index (χ1) is 18.2. The van der Waals surface area contributed by atoms with Gasteiger partial charge in [0.15, 0.2) is 5.82 Å². The number of aromatic nitrogens is 4. The Bertz CT molecular complexity index is 1950. The van der Waals surface area contributed by atoms with Crippen LogP contribution < -0.4 is 4.74 Å². The van der Waals surface area contributed by atoms with E-state index in [9.17, 15) is 5.11 Å². The van der Waals surface area contributed by atoms with Gasteiger partial charge in [-0.1, -0.05) is 66.7 Å². The average Bonchev–Trinajstić information content (AvgIpc) is 3.28. The van der Waals surface area contributed by atoms with E-state index < -0.39 is 0 Å². The molecule has 0 saturated heterocycles. The summed E-state index contributed by atoms with van der Waals surface area (Å²) in [5.74, 6) is 1.43. The molecule has 0 saturated carbocycles. The standard InChI is InChI=1S/C31H19N4O2.Pt/c36-31-33-26-14-5-6-15-27(26)35(31)30-25-13-4-2-9-21(25)19-28(34-30)37-23-11-7-10-22(18-23)29-24-12-3-1-8-20(24)16-17-32-29;/h1-17,19H,(H,33,36);/q-1;. The Hall–Kier alpha value is -4.54. The number of ether oxygens (including phenoxy) is 1. The molecule has 1 N–H and O–H groups in total. The molecule has 0 bridgehead atoms. The molecule has 6 nitrogen and oxygen atoms in total. The van der Waals surface area contributed by atoms with Gasteiger partial charge in [-0.2, -0.15) is 9.97 Å². The molecule has 3 heterocycles. The van der Waals surface area contributed by atoms with Crippen molar-refractivity contribution in [2.45, 2.75) is 0 Å². The summed E-state index contributed by atoms with van der Waals surface area (Å²) in [6, 6.07) is 36.4. The predicted molar refractivity (Wildman–Crippen MR) is 144 cm³/mol. The molecule has 0 aliphatic heterocycles. The minimum absolute atomic E-state index is 0. The summed E-state index contributed by atoms with van der Waals surface area (Å²) in [7, 11) is 0. The smallest absolute Gasteiger partial charge is 0.300 e. The fourth-order valence-corrected chi connectivity index (χ4v) is 4.69. The van der Waals surface area contributed by atoms with Crippen LogP contribution in [0.4, 0.5) is 0 Å². The van der Waals surface area contributed by atoms with Crippen LogP contribution in [0.15, 0.2) is 109 Å². The molecule has 38 heavy (non-hydrogen) atoms. The van der Waals surface area contributed by atoms with Crippen LogP contribution in [0.1, 0.15) is 0 Å². The molecule has 0 radical (unpaired) electrons. The number of aromatic hydroxyl groups is 1. The van der Waals surface area contributed by atoms with E-state index in [0.717, 1.165) is 38.3 Å². The third-order valence-electron chi connectivity index (χ3n) is 6.36. The zero-order valence-corrected chi connectivity index (χ0v) is 22.1. The number of hydrogen-bond acceptors (Lipinski definition) is 5. The predicted octanol–water partition coefficient (Wildman–Crippen LogP) is 7.08. The second-order valence-corrected chi connectivity index (χ2v) is 8.65. The van der Waals surface area contributed by atoms with Gasteiger partial charge in [-0.25, -0.2) is 4.57 Å². The van der Waals surface area contributed by atoms with Crippen LogP contribution in [0, 0.1) is 6.07 Å². The SMILES string of the molecule is Oc1nc2ccccc2n1-c1nc(Oc2[c-]c(-c3nccc4ccccc34)ccc2)cc2ccccc12.[Pt].